The van der Waals surface area contributed by atoms with Gasteiger partial charge in [0.15, 0.2) is 6.29 Å². The van der Waals surface area contributed by atoms with Crippen LogP contribution >= 0.6 is 0 Å². The van der Waals surface area contributed by atoms with Crippen molar-refractivity contribution < 1.29 is 19.3 Å². The minimum Gasteiger partial charge on any atom is -0.391 e. The lowest BCUT2D eigenvalue weighted by Gasteiger charge is -2.27. The van der Waals surface area contributed by atoms with E-state index in [4.69, 9.17) is 14.2 Å². The van der Waals surface area contributed by atoms with Gasteiger partial charge in [-0.1, -0.05) is 0 Å². The van der Waals surface area contributed by atoms with E-state index >= 15 is 0 Å². The monoisotopic (exact) mass is 230 g/mol. The predicted octanol–water partition coefficient (Wildman–Crippen LogP) is 1.46. The number of ether oxygens (including phenoxy) is 3. The van der Waals surface area contributed by atoms with Crippen molar-refractivity contribution in [1.82, 2.24) is 0 Å². The van der Waals surface area contributed by atoms with Gasteiger partial charge in [0.25, 0.3) is 0 Å². The van der Waals surface area contributed by atoms with Crippen LogP contribution in [0.4, 0.5) is 0 Å². The van der Waals surface area contributed by atoms with Gasteiger partial charge in [-0.15, -0.1) is 0 Å². The molecule has 0 spiro atoms. The molecule has 0 aromatic carbocycles. The van der Waals surface area contributed by atoms with E-state index in [1.165, 1.54) is 6.42 Å². The largest absolute Gasteiger partial charge is 0.391 e. The molecule has 3 atom stereocenters. The van der Waals surface area contributed by atoms with Crippen molar-refractivity contribution in [1.29, 1.82) is 0 Å². The van der Waals surface area contributed by atoms with Gasteiger partial charge in [-0.3, -0.25) is 0 Å². The normalized spacial score (nSPS) is 36.2. The first-order chi connectivity index (χ1) is 7.84. The maximum Gasteiger partial charge on any atom is 0.157 e. The molecule has 0 bridgehead atoms. The maximum absolute atomic E-state index is 9.28. The van der Waals surface area contributed by atoms with Crippen molar-refractivity contribution in [2.45, 2.75) is 57.0 Å². The Morgan fingerprint density at radius 2 is 2.06 bits per heavy atom. The average molecular weight is 230 g/mol. The van der Waals surface area contributed by atoms with Crippen LogP contribution in [0.5, 0.6) is 0 Å². The zero-order valence-corrected chi connectivity index (χ0v) is 9.77. The highest BCUT2D eigenvalue weighted by molar-refractivity contribution is 4.69. The van der Waals surface area contributed by atoms with Crippen LogP contribution < -0.4 is 0 Å². The lowest BCUT2D eigenvalue weighted by atomic mass is 10.1. The minimum atomic E-state index is -0.265. The van der Waals surface area contributed by atoms with Gasteiger partial charge in [0.2, 0.25) is 0 Å². The van der Waals surface area contributed by atoms with Crippen LogP contribution in [0.25, 0.3) is 0 Å². The van der Waals surface area contributed by atoms with E-state index in [9.17, 15) is 5.11 Å². The van der Waals surface area contributed by atoms with Crippen LogP contribution in [0.1, 0.15) is 38.5 Å². The van der Waals surface area contributed by atoms with E-state index in [2.05, 4.69) is 0 Å². The van der Waals surface area contributed by atoms with Crippen LogP contribution in [0, 0.1) is 0 Å². The first kappa shape index (κ1) is 12.3. The molecule has 2 aliphatic rings. The van der Waals surface area contributed by atoms with E-state index in [1.807, 2.05) is 0 Å². The van der Waals surface area contributed by atoms with Crippen LogP contribution in [-0.4, -0.2) is 43.4 Å². The SMILES string of the molecule is O[C@@H]1CC[C@@H](CCOC2CCCCO2)OC1. The molecule has 2 rings (SSSR count). The summed E-state index contributed by atoms with van der Waals surface area (Å²) in [5.74, 6) is 0. The molecule has 94 valence electrons. The van der Waals surface area contributed by atoms with Gasteiger partial charge in [0, 0.05) is 6.61 Å². The van der Waals surface area contributed by atoms with Gasteiger partial charge in [0.1, 0.15) is 0 Å². The highest BCUT2D eigenvalue weighted by Crippen LogP contribution is 2.18. The maximum atomic E-state index is 9.28. The summed E-state index contributed by atoms with van der Waals surface area (Å²) in [6, 6.07) is 0. The van der Waals surface area contributed by atoms with Crippen LogP contribution in [-0.2, 0) is 14.2 Å². The summed E-state index contributed by atoms with van der Waals surface area (Å²) < 4.78 is 16.6. The Bertz CT molecular complexity index is 183. The summed E-state index contributed by atoms with van der Waals surface area (Å²) in [6.07, 6.45) is 6.08. The zero-order chi connectivity index (χ0) is 11.2. The number of rotatable bonds is 4. The Balaban J connectivity index is 1.53. The fourth-order valence-electron chi connectivity index (χ4n) is 2.19. The molecule has 2 saturated heterocycles. The van der Waals surface area contributed by atoms with Gasteiger partial charge >= 0.3 is 0 Å². The molecule has 0 radical (unpaired) electrons. The first-order valence-corrected chi connectivity index (χ1v) is 6.37. The molecule has 0 aromatic rings. The van der Waals surface area contributed by atoms with Crippen molar-refractivity contribution in [3.63, 3.8) is 0 Å². The molecule has 0 saturated carbocycles. The van der Waals surface area contributed by atoms with Crippen LogP contribution in [0.15, 0.2) is 0 Å². The molecule has 2 heterocycles. The predicted molar refractivity (Wildman–Crippen MR) is 59.1 cm³/mol. The number of hydrogen-bond acceptors (Lipinski definition) is 4. The fraction of sp³-hybridized carbons (Fsp3) is 1.00. The molecule has 1 unspecified atom stereocenters. The summed E-state index contributed by atoms with van der Waals surface area (Å²) in [7, 11) is 0. The van der Waals surface area contributed by atoms with Gasteiger partial charge < -0.3 is 19.3 Å². The minimum absolute atomic E-state index is 0.00271. The summed E-state index contributed by atoms with van der Waals surface area (Å²) in [5.41, 5.74) is 0. The molecular weight excluding hydrogens is 208 g/mol. The Hall–Kier alpha value is -0.160. The van der Waals surface area contributed by atoms with E-state index < -0.39 is 0 Å². The van der Waals surface area contributed by atoms with Crippen LogP contribution in [0.3, 0.4) is 0 Å². The molecule has 4 heteroatoms. The topological polar surface area (TPSA) is 47.9 Å². The molecule has 16 heavy (non-hydrogen) atoms. The van der Waals surface area contributed by atoms with E-state index in [0.29, 0.717) is 13.2 Å². The van der Waals surface area contributed by atoms with Gasteiger partial charge in [0.05, 0.1) is 25.4 Å². The quantitative estimate of drug-likeness (QED) is 0.794. The van der Waals surface area contributed by atoms with Crippen LogP contribution in [0.2, 0.25) is 0 Å². The summed E-state index contributed by atoms with van der Waals surface area (Å²) in [6.45, 7) is 2.01. The number of aliphatic hydroxyl groups is 1. The Labute approximate surface area is 96.9 Å². The fourth-order valence-corrected chi connectivity index (χ4v) is 2.19. The number of aliphatic hydroxyl groups excluding tert-OH is 1. The smallest absolute Gasteiger partial charge is 0.157 e. The first-order valence-electron chi connectivity index (χ1n) is 6.37. The molecule has 2 fully saturated rings. The van der Waals surface area contributed by atoms with E-state index in [1.54, 1.807) is 0 Å². The zero-order valence-electron chi connectivity index (χ0n) is 9.77. The second-order valence-corrected chi connectivity index (χ2v) is 4.64. The van der Waals surface area contributed by atoms with E-state index in [0.717, 1.165) is 38.7 Å². The second kappa shape index (κ2) is 6.55. The van der Waals surface area contributed by atoms with Crippen molar-refractivity contribution in [3.05, 3.63) is 0 Å². The lowest BCUT2D eigenvalue weighted by Crippen LogP contribution is -2.31. The van der Waals surface area contributed by atoms with Gasteiger partial charge in [-0.05, 0) is 38.5 Å². The molecule has 0 aromatic heterocycles. The summed E-state index contributed by atoms with van der Waals surface area (Å²) >= 11 is 0. The Morgan fingerprint density at radius 3 is 2.75 bits per heavy atom. The van der Waals surface area contributed by atoms with Crippen molar-refractivity contribution in [3.8, 4) is 0 Å². The number of hydrogen-bond donors (Lipinski definition) is 1. The van der Waals surface area contributed by atoms with Gasteiger partial charge in [-0.2, -0.15) is 0 Å². The Morgan fingerprint density at radius 1 is 1.12 bits per heavy atom. The van der Waals surface area contributed by atoms with E-state index in [-0.39, 0.29) is 18.5 Å². The third-order valence-corrected chi connectivity index (χ3v) is 3.23. The highest BCUT2D eigenvalue weighted by atomic mass is 16.7. The third-order valence-electron chi connectivity index (χ3n) is 3.23. The summed E-state index contributed by atoms with van der Waals surface area (Å²) in [5, 5.41) is 9.28. The third kappa shape index (κ3) is 4.01. The molecular formula is C12H22O4. The standard InChI is InChI=1S/C12H22O4/c13-10-4-5-11(16-9-10)6-8-15-12-3-1-2-7-14-12/h10-13H,1-9H2/t10-,11+,12?/m1/s1. The molecule has 4 nitrogen and oxygen atoms in total. The Kier molecular flexibility index (Phi) is 5.03. The molecule has 0 aliphatic carbocycles. The van der Waals surface area contributed by atoms with Gasteiger partial charge in [-0.25, -0.2) is 0 Å². The average Bonchev–Trinajstić information content (AvgIpc) is 2.33. The molecule has 2 aliphatic heterocycles. The summed E-state index contributed by atoms with van der Waals surface area (Å²) in [4.78, 5) is 0. The van der Waals surface area contributed by atoms with Crippen molar-refractivity contribution >= 4 is 0 Å². The highest BCUT2D eigenvalue weighted by Gasteiger charge is 2.20. The van der Waals surface area contributed by atoms with Crippen molar-refractivity contribution in [2.24, 2.45) is 0 Å². The molecule has 1 N–H and O–H groups in total. The lowest BCUT2D eigenvalue weighted by molar-refractivity contribution is -0.169. The molecule has 0 amide bonds. The second-order valence-electron chi connectivity index (χ2n) is 4.64. The van der Waals surface area contributed by atoms with Crippen molar-refractivity contribution in [2.75, 3.05) is 19.8 Å².